The Kier molecular flexibility index (Phi) is 3.04. The van der Waals surface area contributed by atoms with Crippen molar-refractivity contribution in [3.63, 3.8) is 0 Å². The van der Waals surface area contributed by atoms with Crippen molar-refractivity contribution < 1.29 is 4.74 Å². The minimum atomic E-state index is 0.819. The van der Waals surface area contributed by atoms with Crippen molar-refractivity contribution in [2.45, 2.75) is 6.54 Å². The zero-order chi connectivity index (χ0) is 14.9. The molecule has 2 heterocycles. The van der Waals surface area contributed by atoms with Gasteiger partial charge in [0.1, 0.15) is 5.75 Å². The van der Waals surface area contributed by atoms with Crippen molar-refractivity contribution in [3.05, 3.63) is 72.4 Å². The number of hydrogen-bond acceptors (Lipinski definition) is 2. The van der Waals surface area contributed by atoms with Gasteiger partial charge in [0.15, 0.2) is 0 Å². The Morgan fingerprint density at radius 1 is 0.909 bits per heavy atom. The molecule has 0 spiro atoms. The molecule has 108 valence electrons. The second kappa shape index (κ2) is 5.19. The minimum Gasteiger partial charge on any atom is -0.497 e. The van der Waals surface area contributed by atoms with Crippen LogP contribution in [0.5, 0.6) is 5.75 Å². The molecule has 0 fully saturated rings. The fourth-order valence-electron chi connectivity index (χ4n) is 2.95. The van der Waals surface area contributed by atoms with Crippen LogP contribution in [0.2, 0.25) is 0 Å². The Morgan fingerprint density at radius 2 is 1.68 bits per heavy atom. The molecule has 3 nitrogen and oxygen atoms in total. The maximum Gasteiger partial charge on any atom is 0.118 e. The van der Waals surface area contributed by atoms with E-state index >= 15 is 0 Å². The average molecular weight is 288 g/mol. The van der Waals surface area contributed by atoms with E-state index < -0.39 is 0 Å². The van der Waals surface area contributed by atoms with Crippen molar-refractivity contribution in [2.24, 2.45) is 0 Å². The van der Waals surface area contributed by atoms with Gasteiger partial charge < -0.3 is 9.30 Å². The van der Waals surface area contributed by atoms with Crippen molar-refractivity contribution in [1.29, 1.82) is 0 Å². The highest BCUT2D eigenvalue weighted by Crippen LogP contribution is 2.28. The smallest absolute Gasteiger partial charge is 0.118 e. The standard InChI is InChI=1S/C19H16N2O/c1-22-15-10-8-14(9-11-15)13-21-17-6-3-2-5-16(17)19-18(21)7-4-12-20-19/h2-12H,13H2,1H3. The molecule has 0 N–H and O–H groups in total. The molecule has 2 aromatic heterocycles. The van der Waals surface area contributed by atoms with Crippen LogP contribution in [0.25, 0.3) is 21.9 Å². The molecule has 0 aliphatic rings. The van der Waals surface area contributed by atoms with Gasteiger partial charge in [0, 0.05) is 18.1 Å². The van der Waals surface area contributed by atoms with Crippen LogP contribution < -0.4 is 4.74 Å². The van der Waals surface area contributed by atoms with Crippen molar-refractivity contribution >= 4 is 21.9 Å². The first-order chi connectivity index (χ1) is 10.9. The Labute approximate surface area is 128 Å². The van der Waals surface area contributed by atoms with E-state index in [1.54, 1.807) is 7.11 Å². The van der Waals surface area contributed by atoms with Gasteiger partial charge in [0.25, 0.3) is 0 Å². The van der Waals surface area contributed by atoms with E-state index in [-0.39, 0.29) is 0 Å². The van der Waals surface area contributed by atoms with Gasteiger partial charge in [0.2, 0.25) is 0 Å². The maximum absolute atomic E-state index is 5.23. The van der Waals surface area contributed by atoms with Crippen LogP contribution >= 0.6 is 0 Å². The number of rotatable bonds is 3. The van der Waals surface area contributed by atoms with E-state index in [4.69, 9.17) is 4.74 Å². The van der Waals surface area contributed by atoms with Gasteiger partial charge in [-0.1, -0.05) is 30.3 Å². The van der Waals surface area contributed by atoms with E-state index in [1.807, 2.05) is 24.4 Å². The summed E-state index contributed by atoms with van der Waals surface area (Å²) in [6.07, 6.45) is 1.85. The summed E-state index contributed by atoms with van der Waals surface area (Å²) in [5.41, 5.74) is 4.69. The summed E-state index contributed by atoms with van der Waals surface area (Å²) in [6, 6.07) is 20.8. The number of para-hydroxylation sites is 1. The predicted octanol–water partition coefficient (Wildman–Crippen LogP) is 4.25. The number of methoxy groups -OCH3 is 1. The molecule has 3 heteroatoms. The van der Waals surface area contributed by atoms with E-state index in [9.17, 15) is 0 Å². The lowest BCUT2D eigenvalue weighted by Gasteiger charge is -2.08. The van der Waals surface area contributed by atoms with E-state index in [1.165, 1.54) is 22.0 Å². The normalized spacial score (nSPS) is 11.1. The SMILES string of the molecule is COc1ccc(Cn2c3ccccc3c3ncccc32)cc1. The first-order valence-electron chi connectivity index (χ1n) is 7.32. The van der Waals surface area contributed by atoms with Crippen LogP contribution in [0.15, 0.2) is 66.9 Å². The van der Waals surface area contributed by atoms with Crippen LogP contribution in [0.3, 0.4) is 0 Å². The van der Waals surface area contributed by atoms with Gasteiger partial charge in [-0.2, -0.15) is 0 Å². The molecule has 0 aliphatic heterocycles. The van der Waals surface area contributed by atoms with Gasteiger partial charge in [-0.05, 0) is 35.9 Å². The van der Waals surface area contributed by atoms with Crippen molar-refractivity contribution in [3.8, 4) is 5.75 Å². The van der Waals surface area contributed by atoms with Crippen LogP contribution in [0.1, 0.15) is 5.56 Å². The van der Waals surface area contributed by atoms with Gasteiger partial charge in [0.05, 0.1) is 23.7 Å². The topological polar surface area (TPSA) is 27.1 Å². The molecule has 0 unspecified atom stereocenters. The zero-order valence-corrected chi connectivity index (χ0v) is 12.4. The lowest BCUT2D eigenvalue weighted by atomic mass is 10.2. The Bertz CT molecular complexity index is 885. The summed E-state index contributed by atoms with van der Waals surface area (Å²) in [7, 11) is 1.69. The highest BCUT2D eigenvalue weighted by atomic mass is 16.5. The Balaban J connectivity index is 1.88. The molecule has 2 aromatic carbocycles. The second-order valence-electron chi connectivity index (χ2n) is 5.32. The number of aromatic nitrogens is 2. The number of fused-ring (bicyclic) bond motifs is 3. The molecular weight excluding hydrogens is 272 g/mol. The van der Waals surface area contributed by atoms with E-state index in [2.05, 4.69) is 52.0 Å². The monoisotopic (exact) mass is 288 g/mol. The van der Waals surface area contributed by atoms with Crippen molar-refractivity contribution in [1.82, 2.24) is 9.55 Å². The van der Waals surface area contributed by atoms with Gasteiger partial charge in [-0.15, -0.1) is 0 Å². The van der Waals surface area contributed by atoms with Crippen LogP contribution in [0.4, 0.5) is 0 Å². The van der Waals surface area contributed by atoms with E-state index in [0.29, 0.717) is 0 Å². The van der Waals surface area contributed by atoms with Crippen molar-refractivity contribution in [2.75, 3.05) is 7.11 Å². The van der Waals surface area contributed by atoms with Gasteiger partial charge >= 0.3 is 0 Å². The summed E-state index contributed by atoms with van der Waals surface area (Å²) < 4.78 is 7.55. The third kappa shape index (κ3) is 2.02. The lowest BCUT2D eigenvalue weighted by Crippen LogP contribution is -1.99. The fraction of sp³-hybridized carbons (Fsp3) is 0.105. The first kappa shape index (κ1) is 12.9. The predicted molar refractivity (Wildman–Crippen MR) is 89.3 cm³/mol. The summed E-state index contributed by atoms with van der Waals surface area (Å²) >= 11 is 0. The van der Waals surface area contributed by atoms with Crippen LogP contribution in [0, 0.1) is 0 Å². The summed E-state index contributed by atoms with van der Waals surface area (Å²) in [5.74, 6) is 0.882. The zero-order valence-electron chi connectivity index (χ0n) is 12.4. The van der Waals surface area contributed by atoms with E-state index in [0.717, 1.165) is 17.8 Å². The molecule has 0 saturated carbocycles. The molecule has 4 aromatic rings. The highest BCUT2D eigenvalue weighted by molar-refractivity contribution is 6.05. The molecule has 4 rings (SSSR count). The highest BCUT2D eigenvalue weighted by Gasteiger charge is 2.10. The molecule has 0 amide bonds. The summed E-state index contributed by atoms with van der Waals surface area (Å²) in [4.78, 5) is 4.56. The molecule has 0 atom stereocenters. The number of pyridine rings is 1. The molecule has 0 saturated heterocycles. The Hall–Kier alpha value is -2.81. The number of nitrogens with zero attached hydrogens (tertiary/aromatic N) is 2. The van der Waals surface area contributed by atoms with Crippen LogP contribution in [-0.4, -0.2) is 16.7 Å². The third-order valence-electron chi connectivity index (χ3n) is 4.03. The molecule has 22 heavy (non-hydrogen) atoms. The second-order valence-corrected chi connectivity index (χ2v) is 5.32. The molecule has 0 radical (unpaired) electrons. The maximum atomic E-state index is 5.23. The lowest BCUT2D eigenvalue weighted by molar-refractivity contribution is 0.414. The molecule has 0 aliphatic carbocycles. The van der Waals surface area contributed by atoms with Crippen LogP contribution in [-0.2, 0) is 6.54 Å². The van der Waals surface area contributed by atoms with Gasteiger partial charge in [-0.25, -0.2) is 0 Å². The number of ether oxygens (including phenoxy) is 1. The largest absolute Gasteiger partial charge is 0.497 e. The quantitative estimate of drug-likeness (QED) is 0.563. The minimum absolute atomic E-state index is 0.819. The molecule has 0 bridgehead atoms. The third-order valence-corrected chi connectivity index (χ3v) is 4.03. The van der Waals surface area contributed by atoms with Gasteiger partial charge in [-0.3, -0.25) is 4.98 Å². The summed E-state index contributed by atoms with van der Waals surface area (Å²) in [6.45, 7) is 0.819. The number of hydrogen-bond donors (Lipinski definition) is 0. The molecular formula is C19H16N2O. The Morgan fingerprint density at radius 3 is 2.50 bits per heavy atom. The fourth-order valence-corrected chi connectivity index (χ4v) is 2.95. The summed E-state index contributed by atoms with van der Waals surface area (Å²) in [5, 5.41) is 1.20. The first-order valence-corrected chi connectivity index (χ1v) is 7.32. The average Bonchev–Trinajstić information content (AvgIpc) is 2.90. The number of benzene rings is 2.